The van der Waals surface area contributed by atoms with Gasteiger partial charge >= 0.3 is 18.5 Å². The summed E-state index contributed by atoms with van der Waals surface area (Å²) in [4.78, 5) is 83.0. The van der Waals surface area contributed by atoms with Crippen molar-refractivity contribution in [3.8, 4) is 0 Å². The molecule has 34 heteroatoms. The summed E-state index contributed by atoms with van der Waals surface area (Å²) in [5.74, 6) is -5.13. The summed E-state index contributed by atoms with van der Waals surface area (Å²) >= 11 is 16.7. The van der Waals surface area contributed by atoms with Gasteiger partial charge in [-0.05, 0) is 154 Å². The number of likely N-dealkylation sites (tertiary alicyclic amines) is 1. The normalized spacial score (nSPS) is 18.9. The van der Waals surface area contributed by atoms with E-state index >= 15 is 0 Å². The number of hydrogen-bond acceptors (Lipinski definition) is 11. The first-order valence-electron chi connectivity index (χ1n) is 30.6. The first-order chi connectivity index (χ1) is 48.1. The molecule has 1 atom stereocenters. The maximum atomic E-state index is 14.8. The second-order valence-electron chi connectivity index (χ2n) is 23.9. The molecule has 0 aliphatic carbocycles. The Hall–Kier alpha value is -10.2. The minimum Gasteiger partial charge on any atom is -0.381 e. The zero-order valence-corrected chi connectivity index (χ0v) is 56.2. The van der Waals surface area contributed by atoms with Crippen LogP contribution >= 0.6 is 36.7 Å². The molecule has 6 fully saturated rings. The molecule has 19 nitrogen and oxygen atoms in total. The maximum absolute atomic E-state index is 14.8. The molecular weight excluding hydrogens is 1420 g/mol. The number of amides is 5. The number of piperidine rings is 1. The van der Waals surface area contributed by atoms with Gasteiger partial charge in [-0.25, -0.2) is 27.7 Å². The number of rotatable bonds is 8. The van der Waals surface area contributed by atoms with E-state index in [0.29, 0.717) is 49.3 Å². The topological polar surface area (TPSA) is 164 Å². The average Bonchev–Trinajstić information content (AvgIpc) is 1.58. The number of anilines is 6. The summed E-state index contributed by atoms with van der Waals surface area (Å²) < 4.78 is 177. The van der Waals surface area contributed by atoms with Crippen LogP contribution in [0.3, 0.4) is 0 Å². The molecule has 12 rings (SSSR count). The number of thiocarbonyl (C=S) groups is 3. The van der Waals surface area contributed by atoms with Crippen molar-refractivity contribution in [3.63, 3.8) is 0 Å². The number of benzene rings is 6. The van der Waals surface area contributed by atoms with Gasteiger partial charge in [0.15, 0.2) is 37.9 Å². The number of alkyl halides is 9. The zero-order chi connectivity index (χ0) is 74.5. The molecule has 6 aliphatic heterocycles. The SMILES string of the molecule is [C-]#[N+]c1ccc(N2C(=O)C3(CCN(C)CC3)N(c3ccc(C)c(F)c3)C2=S)cc1C(F)(F)F.[C-]#[N+]c1ccc(N2C(=O)C3(CCOCC3)N(c3ccc(C(=O)NC)c(F)c3)C2=S)cc1C(F)(F)F.[C-]#[N+]c1ccc(N2C(=O)[C@@]3(CCOC3)N(c3ccc(C(=O)NC)c(F)c3)C2=S)cc1C(F)(F)F. The van der Waals surface area contributed by atoms with Gasteiger partial charge in [-0.1, -0.05) is 24.3 Å². The summed E-state index contributed by atoms with van der Waals surface area (Å²) in [7, 11) is 4.62. The highest BCUT2D eigenvalue weighted by Crippen LogP contribution is 2.50. The largest absolute Gasteiger partial charge is 0.407 e. The second kappa shape index (κ2) is 28.3. The molecule has 0 unspecified atom stereocenters. The average molecular weight is 1480 g/mol. The number of ether oxygens (including phenoxy) is 2. The highest BCUT2D eigenvalue weighted by Gasteiger charge is 2.61. The van der Waals surface area contributed by atoms with E-state index in [0.717, 1.165) is 51.1 Å². The highest BCUT2D eigenvalue weighted by atomic mass is 32.1. The molecule has 0 bridgehead atoms. The van der Waals surface area contributed by atoms with Gasteiger partial charge in [-0.2, -0.15) is 39.5 Å². The Morgan fingerprint density at radius 2 is 0.775 bits per heavy atom. The molecule has 3 spiro atoms. The molecule has 5 amide bonds. The molecule has 0 saturated carbocycles. The summed E-state index contributed by atoms with van der Waals surface area (Å²) in [5, 5.41) is 4.31. The standard InChI is InChI=1S/C23H18F4N4O3S.C23H20F4N4OS.C22H16F4N4O3S/c1-28-18-6-4-13(11-16(18)23(25,26)27)30-20(33)22(7-9-34-10-8-22)31(21(30)35)14-3-5-15(17(24)12-14)19(32)29-2;1-14-4-5-16(13-18(14)24)31-21(33)30(20(32)22(31)8-10-29(3)11-9-22)15-6-7-19(28-2)17(12-15)23(25,26)27;1-27-17-6-4-12(9-15(17)22(24,25)26)29-19(32)21(7-8-33-11-21)30(20(29)34)13-3-5-14(16(23)10-13)18(31)28-2/h3-6,11-12H,7-10H2,2H3,(H,29,32);4-7,12-13H,8-11H2,1,3H3;3-6,9-10H,7-8,11H2,2H3,(H,28,31)/t;;21-/m..0/s1. The van der Waals surface area contributed by atoms with Crippen molar-refractivity contribution in [1.29, 1.82) is 0 Å². The van der Waals surface area contributed by atoms with Gasteiger partial charge in [-0.15, -0.1) is 0 Å². The van der Waals surface area contributed by atoms with Gasteiger partial charge in [-0.3, -0.25) is 38.7 Å². The van der Waals surface area contributed by atoms with Crippen molar-refractivity contribution >= 4 is 133 Å². The predicted molar refractivity (Wildman–Crippen MR) is 362 cm³/mol. The summed E-state index contributed by atoms with van der Waals surface area (Å²) in [6, 6.07) is 20.8. The van der Waals surface area contributed by atoms with Gasteiger partial charge < -0.3 is 39.7 Å². The van der Waals surface area contributed by atoms with Gasteiger partial charge in [0, 0.05) is 100 Å². The van der Waals surface area contributed by atoms with Crippen molar-refractivity contribution in [1.82, 2.24) is 15.5 Å². The van der Waals surface area contributed by atoms with Gasteiger partial charge in [0.2, 0.25) is 0 Å². The lowest BCUT2D eigenvalue weighted by Crippen LogP contribution is -2.56. The van der Waals surface area contributed by atoms with E-state index in [4.69, 9.17) is 65.8 Å². The predicted octanol–water partition coefficient (Wildman–Crippen LogP) is 13.8. The lowest BCUT2D eigenvalue weighted by Gasteiger charge is -2.41. The Balaban J connectivity index is 0.000000165. The van der Waals surface area contributed by atoms with Gasteiger partial charge in [0.05, 0.1) is 54.1 Å². The zero-order valence-electron chi connectivity index (χ0n) is 53.8. The molecule has 6 aromatic rings. The fourth-order valence-corrected chi connectivity index (χ4v) is 14.3. The molecule has 2 N–H and O–H groups in total. The third-order valence-corrected chi connectivity index (χ3v) is 19.2. The van der Waals surface area contributed by atoms with Crippen LogP contribution in [0.4, 0.5) is 104 Å². The Bertz CT molecular complexity index is 4610. The number of hydrogen-bond donors (Lipinski definition) is 2. The summed E-state index contributed by atoms with van der Waals surface area (Å²) in [6.45, 7) is 24.3. The highest BCUT2D eigenvalue weighted by molar-refractivity contribution is 7.81. The molecule has 6 aromatic carbocycles. The third-order valence-electron chi connectivity index (χ3n) is 18.1. The van der Waals surface area contributed by atoms with Crippen LogP contribution in [0.25, 0.3) is 14.5 Å². The number of carbonyl (C=O) groups is 5. The monoisotopic (exact) mass is 1470 g/mol. The molecular formula is C68H54F12N12O7S3. The van der Waals surface area contributed by atoms with E-state index in [-0.39, 0.29) is 101 Å². The van der Waals surface area contributed by atoms with Crippen molar-refractivity contribution in [3.05, 3.63) is 194 Å². The Morgan fingerprint density at radius 3 is 1.10 bits per heavy atom. The van der Waals surface area contributed by atoms with E-state index in [1.165, 1.54) is 72.4 Å². The van der Waals surface area contributed by atoms with Crippen LogP contribution < -0.4 is 40.0 Å². The first kappa shape index (κ1) is 74.5. The number of nitrogens with zero attached hydrogens (tertiary/aromatic N) is 10. The molecule has 102 heavy (non-hydrogen) atoms. The van der Waals surface area contributed by atoms with Crippen LogP contribution in [-0.2, 0) is 42.4 Å². The quantitative estimate of drug-likeness (QED) is 0.0840. The van der Waals surface area contributed by atoms with E-state index < -0.39 is 116 Å². The smallest absolute Gasteiger partial charge is 0.381 e. The molecule has 6 saturated heterocycles. The Labute approximate surface area is 590 Å². The minimum absolute atomic E-state index is 0.0171. The molecule has 0 radical (unpaired) electrons. The van der Waals surface area contributed by atoms with Crippen LogP contribution in [0.1, 0.15) is 75.1 Å². The van der Waals surface area contributed by atoms with Crippen LogP contribution in [0, 0.1) is 44.1 Å². The van der Waals surface area contributed by atoms with Gasteiger partial charge in [0.25, 0.3) is 29.5 Å². The van der Waals surface area contributed by atoms with E-state index in [9.17, 15) is 76.7 Å². The van der Waals surface area contributed by atoms with Crippen molar-refractivity contribution < 1.29 is 86.1 Å². The maximum Gasteiger partial charge on any atom is 0.407 e. The van der Waals surface area contributed by atoms with Crippen molar-refractivity contribution in [2.24, 2.45) is 0 Å². The molecule has 6 heterocycles. The van der Waals surface area contributed by atoms with Crippen molar-refractivity contribution in [2.75, 3.05) is 90.1 Å². The molecule has 0 aromatic heterocycles. The van der Waals surface area contributed by atoms with Crippen molar-refractivity contribution in [2.45, 2.75) is 74.2 Å². The Kier molecular flexibility index (Phi) is 20.7. The number of nitrogens with one attached hydrogen (secondary N) is 2. The summed E-state index contributed by atoms with van der Waals surface area (Å²) in [6.07, 6.45) is -13.2. The number of halogens is 12. The summed E-state index contributed by atoms with van der Waals surface area (Å²) in [5.41, 5.74) is -8.88. The lowest BCUT2D eigenvalue weighted by molar-refractivity contribution is -0.137. The van der Waals surface area contributed by atoms with E-state index in [2.05, 4.69) is 25.2 Å². The minimum atomic E-state index is -4.83. The van der Waals surface area contributed by atoms with E-state index in [1.807, 2.05) is 11.9 Å². The number of carbonyl (C=O) groups excluding carboxylic acids is 5. The van der Waals surface area contributed by atoms with Gasteiger partial charge in [0.1, 0.15) is 28.5 Å². The van der Waals surface area contributed by atoms with Crippen LogP contribution in [0.5, 0.6) is 0 Å². The lowest BCUT2D eigenvalue weighted by atomic mass is 9.85. The Morgan fingerprint density at radius 1 is 0.461 bits per heavy atom. The van der Waals surface area contributed by atoms with E-state index in [1.54, 1.807) is 24.0 Å². The first-order valence-corrected chi connectivity index (χ1v) is 31.8. The third kappa shape index (κ3) is 13.3. The van der Waals surface area contributed by atoms with Crippen LogP contribution in [0.2, 0.25) is 0 Å². The van der Waals surface area contributed by atoms with Crippen LogP contribution in [-0.4, -0.2) is 127 Å². The second-order valence-corrected chi connectivity index (χ2v) is 25.0. The fourth-order valence-electron chi connectivity index (χ4n) is 12.9. The number of aryl methyl sites for hydroxylation is 1. The molecule has 6 aliphatic rings. The molecule has 530 valence electrons. The fraction of sp³-hybridized carbons (Fsp3) is 0.309. The van der Waals surface area contributed by atoms with Crippen LogP contribution in [0.15, 0.2) is 109 Å².